The van der Waals surface area contributed by atoms with Gasteiger partial charge in [-0.15, -0.1) is 13.2 Å². The van der Waals surface area contributed by atoms with E-state index in [0.29, 0.717) is 10.5 Å². The molecule has 0 N–H and O–H groups in total. The van der Waals surface area contributed by atoms with Crippen LogP contribution in [-0.2, 0) is 0 Å². The predicted molar refractivity (Wildman–Crippen MR) is 59.1 cm³/mol. The van der Waals surface area contributed by atoms with Gasteiger partial charge >= 0.3 is 0 Å². The lowest BCUT2D eigenvalue weighted by atomic mass is 10.3. The van der Waals surface area contributed by atoms with Crippen LogP contribution in [0.25, 0.3) is 0 Å². The van der Waals surface area contributed by atoms with Crippen LogP contribution in [0.1, 0.15) is 20.3 Å². The van der Waals surface area contributed by atoms with Gasteiger partial charge in [0.2, 0.25) is 0 Å². The second kappa shape index (κ2) is 6.86. The molecule has 0 aromatic heterocycles. The van der Waals surface area contributed by atoms with Crippen LogP contribution >= 0.6 is 21.6 Å². The van der Waals surface area contributed by atoms with E-state index >= 15 is 0 Å². The van der Waals surface area contributed by atoms with Crippen molar-refractivity contribution in [2.24, 2.45) is 0 Å². The van der Waals surface area contributed by atoms with Crippen molar-refractivity contribution >= 4 is 21.6 Å². The quantitative estimate of drug-likeness (QED) is 0.458. The first kappa shape index (κ1) is 11.2. The summed E-state index contributed by atoms with van der Waals surface area (Å²) in [5.41, 5.74) is 0. The van der Waals surface area contributed by atoms with E-state index in [1.807, 2.05) is 33.7 Å². The molecule has 2 atom stereocenters. The molecule has 2 heteroatoms. The molecule has 0 spiro atoms. The molecule has 0 amide bonds. The summed E-state index contributed by atoms with van der Waals surface area (Å²) in [6.45, 7) is 11.8. The van der Waals surface area contributed by atoms with Crippen molar-refractivity contribution in [1.82, 2.24) is 0 Å². The predicted octanol–water partition coefficient (Wildman–Crippen LogP) is 3.91. The molecule has 2 unspecified atom stereocenters. The zero-order chi connectivity index (χ0) is 8.69. The van der Waals surface area contributed by atoms with Crippen LogP contribution in [0.2, 0.25) is 0 Å². The maximum atomic E-state index is 3.73. The van der Waals surface area contributed by atoms with Gasteiger partial charge in [0, 0.05) is 10.5 Å². The Morgan fingerprint density at radius 3 is 2.36 bits per heavy atom. The molecular formula is C9H16S2. The van der Waals surface area contributed by atoms with Crippen LogP contribution in [0.4, 0.5) is 0 Å². The fourth-order valence-corrected chi connectivity index (χ4v) is 2.72. The summed E-state index contributed by atoms with van der Waals surface area (Å²) >= 11 is 0. The summed E-state index contributed by atoms with van der Waals surface area (Å²) in [7, 11) is 3.78. The molecule has 0 aromatic rings. The van der Waals surface area contributed by atoms with Gasteiger partial charge in [0.15, 0.2) is 0 Å². The molecule has 0 saturated carbocycles. The highest BCUT2D eigenvalue weighted by atomic mass is 33.1. The number of rotatable bonds is 6. The van der Waals surface area contributed by atoms with Crippen molar-refractivity contribution in [3.05, 3.63) is 25.3 Å². The molecule has 64 valence electrons. The minimum Gasteiger partial charge on any atom is -0.103 e. The Morgan fingerprint density at radius 1 is 1.27 bits per heavy atom. The van der Waals surface area contributed by atoms with E-state index < -0.39 is 0 Å². The monoisotopic (exact) mass is 188 g/mol. The standard InChI is InChI=1S/C9H16S2/c1-5-7-9(4)11-10-8(3)6-2/h5-6,8-9H,1-2,7H2,3-4H3. The highest BCUT2D eigenvalue weighted by Gasteiger charge is 2.02. The molecule has 0 aliphatic carbocycles. The van der Waals surface area contributed by atoms with Crippen LogP contribution in [0, 0.1) is 0 Å². The normalized spacial score (nSPS) is 15.5. The van der Waals surface area contributed by atoms with Gasteiger partial charge < -0.3 is 0 Å². The summed E-state index contributed by atoms with van der Waals surface area (Å²) in [6.07, 6.45) is 5.02. The number of allylic oxidation sites excluding steroid dienone is 1. The zero-order valence-electron chi connectivity index (χ0n) is 7.25. The highest BCUT2D eigenvalue weighted by molar-refractivity contribution is 8.77. The number of hydrogen-bond donors (Lipinski definition) is 0. The lowest BCUT2D eigenvalue weighted by Gasteiger charge is -2.09. The molecule has 11 heavy (non-hydrogen) atoms. The Labute approximate surface area is 77.9 Å². The Balaban J connectivity index is 3.36. The average Bonchev–Trinajstić information content (AvgIpc) is 2.01. The molecule has 0 heterocycles. The van der Waals surface area contributed by atoms with E-state index in [1.165, 1.54) is 0 Å². The summed E-state index contributed by atoms with van der Waals surface area (Å²) in [6, 6.07) is 0. The average molecular weight is 188 g/mol. The van der Waals surface area contributed by atoms with Gasteiger partial charge in [-0.3, -0.25) is 0 Å². The van der Waals surface area contributed by atoms with Crippen molar-refractivity contribution in [3.8, 4) is 0 Å². The van der Waals surface area contributed by atoms with Gasteiger partial charge in [-0.1, -0.05) is 40.7 Å². The van der Waals surface area contributed by atoms with E-state index in [0.717, 1.165) is 6.42 Å². The zero-order valence-corrected chi connectivity index (χ0v) is 8.88. The molecule has 0 aromatic carbocycles. The molecule has 0 rings (SSSR count). The summed E-state index contributed by atoms with van der Waals surface area (Å²) in [5.74, 6) is 0. The Kier molecular flexibility index (Phi) is 6.98. The minimum absolute atomic E-state index is 0.548. The van der Waals surface area contributed by atoms with Gasteiger partial charge in [-0.05, 0) is 13.3 Å². The van der Waals surface area contributed by atoms with E-state index in [2.05, 4.69) is 27.0 Å². The van der Waals surface area contributed by atoms with Gasteiger partial charge in [0.25, 0.3) is 0 Å². The summed E-state index contributed by atoms with van der Waals surface area (Å²) in [4.78, 5) is 0. The molecule has 0 bridgehead atoms. The van der Waals surface area contributed by atoms with Crippen LogP contribution in [0.15, 0.2) is 25.3 Å². The van der Waals surface area contributed by atoms with Crippen LogP contribution < -0.4 is 0 Å². The third kappa shape index (κ3) is 6.57. The second-order valence-electron chi connectivity index (χ2n) is 2.47. The Morgan fingerprint density at radius 2 is 1.91 bits per heavy atom. The van der Waals surface area contributed by atoms with E-state index in [4.69, 9.17) is 0 Å². The lowest BCUT2D eigenvalue weighted by molar-refractivity contribution is 0.991. The number of hydrogen-bond acceptors (Lipinski definition) is 2. The Hall–Kier alpha value is 0.180. The SMILES string of the molecule is C=CCC(C)SSC(C)C=C. The first-order valence-corrected chi connectivity index (χ1v) is 6.04. The highest BCUT2D eigenvalue weighted by Crippen LogP contribution is 2.32. The molecule has 0 nitrogen and oxygen atoms in total. The first-order valence-electron chi connectivity index (χ1n) is 3.76. The van der Waals surface area contributed by atoms with Crippen molar-refractivity contribution < 1.29 is 0 Å². The third-order valence-corrected chi connectivity index (χ3v) is 4.56. The topological polar surface area (TPSA) is 0 Å². The van der Waals surface area contributed by atoms with Crippen molar-refractivity contribution in [2.45, 2.75) is 30.8 Å². The second-order valence-corrected chi connectivity index (χ2v) is 5.56. The van der Waals surface area contributed by atoms with Crippen molar-refractivity contribution in [1.29, 1.82) is 0 Å². The molecule has 0 saturated heterocycles. The molecular weight excluding hydrogens is 172 g/mol. The first-order chi connectivity index (χ1) is 5.20. The summed E-state index contributed by atoms with van der Waals surface area (Å²) < 4.78 is 0. The smallest absolute Gasteiger partial charge is 0.0300 e. The fraction of sp³-hybridized carbons (Fsp3) is 0.556. The van der Waals surface area contributed by atoms with E-state index in [9.17, 15) is 0 Å². The molecule has 0 aliphatic heterocycles. The van der Waals surface area contributed by atoms with E-state index in [1.54, 1.807) is 0 Å². The van der Waals surface area contributed by atoms with Crippen LogP contribution in [0.5, 0.6) is 0 Å². The van der Waals surface area contributed by atoms with Gasteiger partial charge in [-0.25, -0.2) is 0 Å². The Bertz CT molecular complexity index is 121. The summed E-state index contributed by atoms with van der Waals surface area (Å²) in [5, 5.41) is 1.21. The van der Waals surface area contributed by atoms with Crippen molar-refractivity contribution in [3.63, 3.8) is 0 Å². The fourth-order valence-electron chi connectivity index (χ4n) is 0.496. The van der Waals surface area contributed by atoms with Gasteiger partial charge in [0.1, 0.15) is 0 Å². The minimum atomic E-state index is 0.548. The molecule has 0 radical (unpaired) electrons. The van der Waals surface area contributed by atoms with E-state index in [-0.39, 0.29) is 0 Å². The maximum absolute atomic E-state index is 3.73. The van der Waals surface area contributed by atoms with Crippen LogP contribution in [-0.4, -0.2) is 10.5 Å². The molecule has 0 aliphatic rings. The molecule has 0 fully saturated rings. The third-order valence-electron chi connectivity index (χ3n) is 1.20. The van der Waals surface area contributed by atoms with Gasteiger partial charge in [-0.2, -0.15) is 0 Å². The largest absolute Gasteiger partial charge is 0.103 e. The van der Waals surface area contributed by atoms with Crippen molar-refractivity contribution in [2.75, 3.05) is 0 Å². The lowest BCUT2D eigenvalue weighted by Crippen LogP contribution is -1.93. The van der Waals surface area contributed by atoms with Gasteiger partial charge in [0.05, 0.1) is 0 Å². The maximum Gasteiger partial charge on any atom is 0.0300 e. The van der Waals surface area contributed by atoms with Crippen LogP contribution in [0.3, 0.4) is 0 Å².